The van der Waals surface area contributed by atoms with Crippen LogP contribution in [0.4, 0.5) is 0 Å². The first-order chi connectivity index (χ1) is 18.7. The lowest BCUT2D eigenvalue weighted by atomic mass is 9.95. The Morgan fingerprint density at radius 1 is 1.08 bits per heavy atom. The van der Waals surface area contributed by atoms with Crippen molar-refractivity contribution in [3.8, 4) is 6.07 Å². The van der Waals surface area contributed by atoms with Gasteiger partial charge in [0.05, 0.1) is 11.4 Å². The minimum Gasteiger partial charge on any atom is -0.460 e. The molecule has 39 heavy (non-hydrogen) atoms. The fourth-order valence-electron chi connectivity index (χ4n) is 4.46. The van der Waals surface area contributed by atoms with E-state index < -0.39 is 15.9 Å². The minimum atomic E-state index is -3.94. The fourth-order valence-corrected chi connectivity index (χ4v) is 6.31. The van der Waals surface area contributed by atoms with Crippen LogP contribution in [0.25, 0.3) is 6.08 Å². The standard InChI is InChI=1S/C29H29Cl2N3O4S/c1-20-7-13-27(14-8-20)39(36,37)34(18-21-9-10-23(30)16-28(21)31)19-26-12-11-25(38-26)15-22(17-32)29(35)33-24-5-3-2-4-6-24/h7-16,24H,2-6,18-19H2,1H3,(H,33,35)/b22-15-. The van der Waals surface area contributed by atoms with Gasteiger partial charge in [0.1, 0.15) is 23.2 Å². The summed E-state index contributed by atoms with van der Waals surface area (Å²) >= 11 is 12.4. The van der Waals surface area contributed by atoms with Crippen LogP contribution in [-0.4, -0.2) is 24.7 Å². The molecule has 3 aromatic rings. The lowest BCUT2D eigenvalue weighted by Crippen LogP contribution is -2.36. The molecule has 4 rings (SSSR count). The van der Waals surface area contributed by atoms with E-state index in [0.29, 0.717) is 21.4 Å². The number of nitrogens with zero attached hydrogens (tertiary/aromatic N) is 2. The Kier molecular flexibility index (Phi) is 9.52. The van der Waals surface area contributed by atoms with Crippen LogP contribution < -0.4 is 5.32 Å². The van der Waals surface area contributed by atoms with E-state index >= 15 is 0 Å². The Morgan fingerprint density at radius 3 is 2.46 bits per heavy atom. The molecule has 0 aliphatic heterocycles. The molecule has 1 aliphatic rings. The minimum absolute atomic E-state index is 0.0225. The molecule has 0 spiro atoms. The Balaban J connectivity index is 1.58. The first-order valence-electron chi connectivity index (χ1n) is 12.7. The van der Waals surface area contributed by atoms with Gasteiger partial charge in [-0.05, 0) is 61.7 Å². The van der Waals surface area contributed by atoms with Gasteiger partial charge in [-0.15, -0.1) is 0 Å². The molecule has 0 atom stereocenters. The molecule has 1 aliphatic carbocycles. The van der Waals surface area contributed by atoms with Crippen molar-refractivity contribution >= 4 is 45.2 Å². The highest BCUT2D eigenvalue weighted by Crippen LogP contribution is 2.27. The number of sulfonamides is 1. The predicted octanol–water partition coefficient (Wildman–Crippen LogP) is 6.64. The van der Waals surface area contributed by atoms with Gasteiger partial charge in [-0.25, -0.2) is 8.42 Å². The molecule has 2 aromatic carbocycles. The Bertz CT molecular complexity index is 1500. The zero-order valence-electron chi connectivity index (χ0n) is 21.5. The average Bonchev–Trinajstić information content (AvgIpc) is 3.36. The summed E-state index contributed by atoms with van der Waals surface area (Å²) in [5.41, 5.74) is 1.44. The third-order valence-electron chi connectivity index (χ3n) is 6.63. The number of aryl methyl sites for hydroxylation is 1. The van der Waals surface area contributed by atoms with E-state index in [4.69, 9.17) is 27.6 Å². The van der Waals surface area contributed by atoms with Crippen molar-refractivity contribution in [2.75, 3.05) is 0 Å². The smallest absolute Gasteiger partial charge is 0.262 e. The van der Waals surface area contributed by atoms with Gasteiger partial charge < -0.3 is 9.73 Å². The summed E-state index contributed by atoms with van der Waals surface area (Å²) in [6, 6.07) is 16.7. The quantitative estimate of drug-likeness (QED) is 0.224. The van der Waals surface area contributed by atoms with Crippen LogP contribution in [0, 0.1) is 18.3 Å². The van der Waals surface area contributed by atoms with Crippen LogP contribution in [0.2, 0.25) is 10.0 Å². The monoisotopic (exact) mass is 585 g/mol. The van der Waals surface area contributed by atoms with E-state index in [9.17, 15) is 18.5 Å². The summed E-state index contributed by atoms with van der Waals surface area (Å²) in [6.45, 7) is 1.76. The third-order valence-corrected chi connectivity index (χ3v) is 9.02. The maximum atomic E-state index is 13.6. The van der Waals surface area contributed by atoms with Crippen LogP contribution >= 0.6 is 23.2 Å². The van der Waals surface area contributed by atoms with E-state index in [1.165, 1.54) is 10.4 Å². The number of nitrogens with one attached hydrogen (secondary N) is 1. The van der Waals surface area contributed by atoms with Gasteiger partial charge in [-0.1, -0.05) is 66.2 Å². The molecular weight excluding hydrogens is 557 g/mol. The van der Waals surface area contributed by atoms with Gasteiger partial charge in [0.15, 0.2) is 0 Å². The first kappa shape index (κ1) is 28.9. The third kappa shape index (κ3) is 7.52. The molecule has 1 amide bonds. The van der Waals surface area contributed by atoms with E-state index in [-0.39, 0.29) is 35.4 Å². The SMILES string of the molecule is Cc1ccc(S(=O)(=O)N(Cc2ccc(/C=C(/C#N)C(=O)NC3CCCCC3)o2)Cc2ccc(Cl)cc2Cl)cc1. The summed E-state index contributed by atoms with van der Waals surface area (Å²) in [4.78, 5) is 12.8. The number of hydrogen-bond acceptors (Lipinski definition) is 5. The normalized spacial score (nSPS) is 14.8. The average molecular weight is 587 g/mol. The molecule has 1 aromatic heterocycles. The number of rotatable bonds is 9. The Labute approximate surface area is 239 Å². The molecule has 0 saturated heterocycles. The number of amides is 1. The number of benzene rings is 2. The van der Waals surface area contributed by atoms with Crippen molar-refractivity contribution in [3.63, 3.8) is 0 Å². The van der Waals surface area contributed by atoms with Crippen molar-refractivity contribution < 1.29 is 17.6 Å². The summed E-state index contributed by atoms with van der Waals surface area (Å²) in [5, 5.41) is 13.3. The topological polar surface area (TPSA) is 103 Å². The van der Waals surface area contributed by atoms with Crippen LogP contribution in [0.1, 0.15) is 54.8 Å². The highest BCUT2D eigenvalue weighted by Gasteiger charge is 2.27. The first-order valence-corrected chi connectivity index (χ1v) is 14.9. The van der Waals surface area contributed by atoms with Crippen molar-refractivity contribution in [1.29, 1.82) is 5.26 Å². The lowest BCUT2D eigenvalue weighted by molar-refractivity contribution is -0.117. The summed E-state index contributed by atoms with van der Waals surface area (Å²) in [5.74, 6) is 0.174. The molecule has 7 nitrogen and oxygen atoms in total. The molecule has 1 saturated carbocycles. The number of furan rings is 1. The molecule has 0 radical (unpaired) electrons. The van der Waals surface area contributed by atoms with Crippen LogP contribution in [0.3, 0.4) is 0 Å². The molecule has 1 fully saturated rings. The largest absolute Gasteiger partial charge is 0.460 e. The second-order valence-corrected chi connectivity index (χ2v) is 12.4. The van der Waals surface area contributed by atoms with Gasteiger partial charge in [-0.3, -0.25) is 4.79 Å². The molecule has 0 bridgehead atoms. The van der Waals surface area contributed by atoms with Crippen LogP contribution in [-0.2, 0) is 27.9 Å². The lowest BCUT2D eigenvalue weighted by Gasteiger charge is -2.22. The van der Waals surface area contributed by atoms with Crippen molar-refractivity contribution in [1.82, 2.24) is 9.62 Å². The van der Waals surface area contributed by atoms with Gasteiger partial charge in [-0.2, -0.15) is 9.57 Å². The molecule has 1 heterocycles. The number of carbonyl (C=O) groups is 1. The zero-order valence-corrected chi connectivity index (χ0v) is 23.8. The molecule has 1 N–H and O–H groups in total. The fraction of sp³-hybridized carbons (Fsp3) is 0.310. The van der Waals surface area contributed by atoms with Crippen LogP contribution in [0.5, 0.6) is 0 Å². The molecule has 0 unspecified atom stereocenters. The summed E-state index contributed by atoms with van der Waals surface area (Å²) in [7, 11) is -3.94. The van der Waals surface area contributed by atoms with E-state index in [1.807, 2.05) is 13.0 Å². The maximum absolute atomic E-state index is 13.6. The summed E-state index contributed by atoms with van der Waals surface area (Å²) < 4.78 is 34.4. The number of halogens is 2. The van der Waals surface area contributed by atoms with Crippen molar-refractivity contribution in [3.05, 3.63) is 92.9 Å². The van der Waals surface area contributed by atoms with E-state index in [2.05, 4.69) is 5.32 Å². The van der Waals surface area contributed by atoms with Crippen LogP contribution in [0.15, 0.2) is 69.5 Å². The van der Waals surface area contributed by atoms with E-state index in [1.54, 1.807) is 54.6 Å². The van der Waals surface area contributed by atoms with Crippen molar-refractivity contribution in [2.24, 2.45) is 0 Å². The highest BCUT2D eigenvalue weighted by molar-refractivity contribution is 7.89. The van der Waals surface area contributed by atoms with E-state index in [0.717, 1.165) is 37.7 Å². The Hall–Kier alpha value is -3.09. The number of carbonyl (C=O) groups excluding carboxylic acids is 1. The maximum Gasteiger partial charge on any atom is 0.262 e. The van der Waals surface area contributed by atoms with Gasteiger partial charge >= 0.3 is 0 Å². The second-order valence-electron chi connectivity index (χ2n) is 9.60. The number of nitriles is 1. The molecular formula is C29H29Cl2N3O4S. The highest BCUT2D eigenvalue weighted by atomic mass is 35.5. The Morgan fingerprint density at radius 2 is 1.79 bits per heavy atom. The zero-order chi connectivity index (χ0) is 28.0. The van der Waals surface area contributed by atoms with Crippen molar-refractivity contribution in [2.45, 2.75) is 63.1 Å². The number of hydrogen-bond donors (Lipinski definition) is 1. The second kappa shape index (κ2) is 12.8. The molecule has 204 valence electrons. The van der Waals surface area contributed by atoms with Gasteiger partial charge in [0, 0.05) is 28.7 Å². The van der Waals surface area contributed by atoms with Gasteiger partial charge in [0.25, 0.3) is 5.91 Å². The van der Waals surface area contributed by atoms with Gasteiger partial charge in [0.2, 0.25) is 10.0 Å². The molecule has 10 heteroatoms. The summed E-state index contributed by atoms with van der Waals surface area (Å²) in [6.07, 6.45) is 6.44. The predicted molar refractivity (Wildman–Crippen MR) is 151 cm³/mol.